The van der Waals surface area contributed by atoms with Gasteiger partial charge in [0.15, 0.2) is 9.84 Å². The van der Waals surface area contributed by atoms with Gasteiger partial charge in [-0.2, -0.15) is 0 Å². The fourth-order valence-electron chi connectivity index (χ4n) is 2.11. The molecule has 1 rings (SSSR count). The zero-order valence-electron chi connectivity index (χ0n) is 11.9. The second-order valence-corrected chi connectivity index (χ2v) is 8.98. The monoisotopic (exact) mass is 292 g/mol. The molecule has 0 bridgehead atoms. The molecule has 0 aromatic heterocycles. The van der Waals surface area contributed by atoms with Gasteiger partial charge in [-0.1, -0.05) is 0 Å². The summed E-state index contributed by atoms with van der Waals surface area (Å²) in [4.78, 5) is 10.8. The maximum atomic E-state index is 11.9. The van der Waals surface area contributed by atoms with Crippen LogP contribution in [0.15, 0.2) is 0 Å². The van der Waals surface area contributed by atoms with Crippen LogP contribution in [-0.4, -0.2) is 42.7 Å². The van der Waals surface area contributed by atoms with E-state index in [0.717, 1.165) is 0 Å². The molecule has 0 spiro atoms. The molecule has 112 valence electrons. The summed E-state index contributed by atoms with van der Waals surface area (Å²) in [5.74, 6) is -0.984. The first-order valence-corrected chi connectivity index (χ1v) is 8.35. The third kappa shape index (κ3) is 4.76. The number of carboxylic acids is 1. The van der Waals surface area contributed by atoms with E-state index in [1.54, 1.807) is 20.8 Å². The van der Waals surface area contributed by atoms with E-state index in [1.807, 2.05) is 0 Å². The predicted molar refractivity (Wildman–Crippen MR) is 72.9 cm³/mol. The van der Waals surface area contributed by atoms with Crippen LogP contribution in [0.3, 0.4) is 0 Å². The van der Waals surface area contributed by atoms with Crippen LogP contribution in [0.4, 0.5) is 0 Å². The van der Waals surface area contributed by atoms with Gasteiger partial charge < -0.3 is 9.84 Å². The van der Waals surface area contributed by atoms with Crippen LogP contribution in [0.25, 0.3) is 0 Å². The van der Waals surface area contributed by atoms with E-state index < -0.39 is 20.6 Å². The van der Waals surface area contributed by atoms with Gasteiger partial charge in [-0.15, -0.1) is 0 Å². The van der Waals surface area contributed by atoms with Crippen molar-refractivity contribution in [3.8, 4) is 0 Å². The van der Waals surface area contributed by atoms with Crippen molar-refractivity contribution in [3.05, 3.63) is 0 Å². The van der Waals surface area contributed by atoms with E-state index in [0.29, 0.717) is 25.7 Å². The van der Waals surface area contributed by atoms with Crippen molar-refractivity contribution in [1.29, 1.82) is 0 Å². The summed E-state index contributed by atoms with van der Waals surface area (Å²) >= 11 is 0. The van der Waals surface area contributed by atoms with Crippen molar-refractivity contribution in [2.45, 2.75) is 57.3 Å². The summed E-state index contributed by atoms with van der Waals surface area (Å²) in [5, 5.41) is 8.88. The van der Waals surface area contributed by atoms with E-state index in [-0.39, 0.29) is 24.4 Å². The van der Waals surface area contributed by atoms with Gasteiger partial charge in [-0.05, 0) is 46.5 Å². The second-order valence-electron chi connectivity index (χ2n) is 6.11. The quantitative estimate of drug-likeness (QED) is 0.836. The van der Waals surface area contributed by atoms with Crippen LogP contribution in [0.5, 0.6) is 0 Å². The zero-order chi connectivity index (χ0) is 14.7. The lowest BCUT2D eigenvalue weighted by Gasteiger charge is -2.26. The van der Waals surface area contributed by atoms with Crippen molar-refractivity contribution in [2.75, 3.05) is 12.4 Å². The smallest absolute Gasteiger partial charge is 0.306 e. The Morgan fingerprint density at radius 1 is 1.21 bits per heavy atom. The molecule has 0 aliphatic heterocycles. The Morgan fingerprint density at radius 3 is 2.16 bits per heavy atom. The molecular formula is C13H24O5S. The van der Waals surface area contributed by atoms with Crippen LogP contribution in [-0.2, 0) is 19.4 Å². The van der Waals surface area contributed by atoms with Gasteiger partial charge in [0.25, 0.3) is 0 Å². The molecule has 0 aromatic rings. The van der Waals surface area contributed by atoms with Gasteiger partial charge in [0, 0.05) is 0 Å². The molecule has 1 saturated carbocycles. The average Bonchev–Trinajstić information content (AvgIpc) is 2.28. The summed E-state index contributed by atoms with van der Waals surface area (Å²) in [7, 11) is -3.14. The molecule has 0 amide bonds. The SMILES string of the molecule is CC(C)(C)S(=O)(=O)CCOC1CCC(C(=O)O)CC1. The number of carboxylic acid groups (broad SMARTS) is 1. The standard InChI is InChI=1S/C13H24O5S/c1-13(2,3)19(16,17)9-8-18-11-6-4-10(5-7-11)12(14)15/h10-11H,4-9H2,1-3H3,(H,14,15). The van der Waals surface area contributed by atoms with Gasteiger partial charge >= 0.3 is 5.97 Å². The van der Waals surface area contributed by atoms with E-state index in [9.17, 15) is 13.2 Å². The zero-order valence-corrected chi connectivity index (χ0v) is 12.7. The highest BCUT2D eigenvalue weighted by Crippen LogP contribution is 2.26. The topological polar surface area (TPSA) is 80.7 Å². The minimum atomic E-state index is -3.14. The second kappa shape index (κ2) is 6.22. The first-order valence-electron chi connectivity index (χ1n) is 6.70. The van der Waals surface area contributed by atoms with Gasteiger partial charge in [-0.25, -0.2) is 8.42 Å². The fraction of sp³-hybridized carbons (Fsp3) is 0.923. The maximum Gasteiger partial charge on any atom is 0.306 e. The van der Waals surface area contributed by atoms with Gasteiger partial charge in [0.2, 0.25) is 0 Å². The van der Waals surface area contributed by atoms with Crippen molar-refractivity contribution in [2.24, 2.45) is 5.92 Å². The lowest BCUT2D eigenvalue weighted by Crippen LogP contribution is -2.33. The molecule has 0 aromatic carbocycles. The number of rotatable bonds is 5. The number of sulfone groups is 1. The molecule has 19 heavy (non-hydrogen) atoms. The van der Waals surface area contributed by atoms with Crippen molar-refractivity contribution < 1.29 is 23.1 Å². The molecule has 0 saturated heterocycles. The highest BCUT2D eigenvalue weighted by molar-refractivity contribution is 7.92. The van der Waals surface area contributed by atoms with Crippen LogP contribution in [0.2, 0.25) is 0 Å². The average molecular weight is 292 g/mol. The highest BCUT2D eigenvalue weighted by Gasteiger charge is 2.30. The van der Waals surface area contributed by atoms with E-state index in [1.165, 1.54) is 0 Å². The molecule has 0 radical (unpaired) electrons. The Hall–Kier alpha value is -0.620. The lowest BCUT2D eigenvalue weighted by molar-refractivity contribution is -0.143. The summed E-state index contributed by atoms with van der Waals surface area (Å²) < 4.78 is 28.6. The Bertz CT molecular complexity index is 399. The first-order chi connectivity index (χ1) is 8.63. The van der Waals surface area contributed by atoms with Crippen molar-refractivity contribution >= 4 is 15.8 Å². The number of hydrogen-bond acceptors (Lipinski definition) is 4. The van der Waals surface area contributed by atoms with Gasteiger partial charge in [0.05, 0.1) is 29.1 Å². The van der Waals surface area contributed by atoms with Crippen molar-refractivity contribution in [3.63, 3.8) is 0 Å². The molecular weight excluding hydrogens is 268 g/mol. The molecule has 0 atom stereocenters. The van der Waals surface area contributed by atoms with Gasteiger partial charge in [0.1, 0.15) is 0 Å². The summed E-state index contributed by atoms with van der Waals surface area (Å²) in [6.07, 6.45) is 2.64. The summed E-state index contributed by atoms with van der Waals surface area (Å²) in [6, 6.07) is 0. The molecule has 0 heterocycles. The number of carbonyl (C=O) groups is 1. The number of hydrogen-bond donors (Lipinski definition) is 1. The Kier molecular flexibility index (Phi) is 5.38. The summed E-state index contributed by atoms with van der Waals surface area (Å²) in [5.41, 5.74) is 0. The van der Waals surface area contributed by atoms with Crippen LogP contribution in [0.1, 0.15) is 46.5 Å². The third-order valence-corrected chi connectivity index (χ3v) is 6.23. The van der Waals surface area contributed by atoms with Crippen LogP contribution >= 0.6 is 0 Å². The molecule has 0 unspecified atom stereocenters. The van der Waals surface area contributed by atoms with Crippen LogP contribution in [0, 0.1) is 5.92 Å². The first kappa shape index (κ1) is 16.4. The predicted octanol–water partition coefficient (Wildman–Crippen LogP) is 1.86. The molecule has 1 aliphatic carbocycles. The normalized spacial score (nSPS) is 25.2. The fourth-order valence-corrected chi connectivity index (χ4v) is 3.04. The molecule has 5 nitrogen and oxygen atoms in total. The van der Waals surface area contributed by atoms with Crippen LogP contribution < -0.4 is 0 Å². The Balaban J connectivity index is 2.31. The molecule has 6 heteroatoms. The van der Waals surface area contributed by atoms with E-state index in [4.69, 9.17) is 9.84 Å². The largest absolute Gasteiger partial charge is 0.481 e. The molecule has 1 N–H and O–H groups in total. The molecule has 1 aliphatic rings. The summed E-state index contributed by atoms with van der Waals surface area (Å²) in [6.45, 7) is 5.24. The molecule has 1 fully saturated rings. The number of aliphatic carboxylic acids is 1. The van der Waals surface area contributed by atoms with E-state index in [2.05, 4.69) is 0 Å². The third-order valence-electron chi connectivity index (χ3n) is 3.66. The Morgan fingerprint density at radius 2 is 1.74 bits per heavy atom. The highest BCUT2D eigenvalue weighted by atomic mass is 32.2. The maximum absolute atomic E-state index is 11.9. The lowest BCUT2D eigenvalue weighted by atomic mass is 9.87. The minimum absolute atomic E-state index is 0.00534. The number of ether oxygens (including phenoxy) is 1. The van der Waals surface area contributed by atoms with E-state index >= 15 is 0 Å². The minimum Gasteiger partial charge on any atom is -0.481 e. The van der Waals surface area contributed by atoms with Gasteiger partial charge in [-0.3, -0.25) is 4.79 Å². The van der Waals surface area contributed by atoms with Crippen molar-refractivity contribution in [1.82, 2.24) is 0 Å². The Labute approximate surface area is 115 Å².